The Hall–Kier alpha value is -2.40. The molecule has 1 unspecified atom stereocenters. The maximum atomic E-state index is 13.2. The summed E-state index contributed by atoms with van der Waals surface area (Å²) in [5, 5.41) is 0. The van der Waals surface area contributed by atoms with E-state index in [1.54, 1.807) is 19.2 Å². The fourth-order valence-electron chi connectivity index (χ4n) is 3.38. The van der Waals surface area contributed by atoms with Crippen molar-refractivity contribution >= 4 is 5.91 Å². The smallest absolute Gasteiger partial charge is 0.223 e. The Bertz CT molecular complexity index is 748. The second-order valence-electron chi connectivity index (χ2n) is 6.74. The Kier molecular flexibility index (Phi) is 5.89. The monoisotopic (exact) mass is 356 g/mol. The minimum absolute atomic E-state index is 0.102. The zero-order valence-corrected chi connectivity index (χ0v) is 15.3. The third kappa shape index (κ3) is 4.41. The van der Waals surface area contributed by atoms with E-state index in [4.69, 9.17) is 4.74 Å². The molecule has 0 spiro atoms. The van der Waals surface area contributed by atoms with Crippen molar-refractivity contribution in [2.24, 2.45) is 0 Å². The number of carbonyl (C=O) groups excluding carboxylic acids is 1. The van der Waals surface area contributed by atoms with Crippen molar-refractivity contribution in [3.8, 4) is 5.75 Å². The molecule has 0 radical (unpaired) electrons. The minimum Gasteiger partial charge on any atom is -0.497 e. The Balaban J connectivity index is 1.61. The first kappa shape index (κ1) is 18.4. The molecular weight excluding hydrogens is 331 g/mol. The summed E-state index contributed by atoms with van der Waals surface area (Å²) >= 11 is 0. The van der Waals surface area contributed by atoms with E-state index in [0.29, 0.717) is 19.4 Å². The van der Waals surface area contributed by atoms with Crippen LogP contribution in [-0.2, 0) is 11.2 Å². The number of piperazine rings is 1. The Morgan fingerprint density at radius 1 is 1.19 bits per heavy atom. The molecule has 0 aromatic heterocycles. The van der Waals surface area contributed by atoms with Crippen molar-refractivity contribution in [2.45, 2.75) is 18.9 Å². The highest BCUT2D eigenvalue weighted by molar-refractivity contribution is 5.76. The molecular formula is C21H25FN2O2. The second kappa shape index (κ2) is 8.32. The normalized spacial score (nSPS) is 18.0. The summed E-state index contributed by atoms with van der Waals surface area (Å²) in [5.41, 5.74) is 2.14. The average Bonchev–Trinajstić information content (AvgIpc) is 2.67. The lowest BCUT2D eigenvalue weighted by molar-refractivity contribution is -0.134. The Morgan fingerprint density at radius 2 is 1.96 bits per heavy atom. The summed E-state index contributed by atoms with van der Waals surface area (Å²) in [6.45, 7) is 2.18. The minimum atomic E-state index is -0.238. The zero-order chi connectivity index (χ0) is 18.5. The lowest BCUT2D eigenvalue weighted by Crippen LogP contribution is -2.49. The van der Waals surface area contributed by atoms with E-state index in [1.807, 2.05) is 36.2 Å². The molecule has 1 fully saturated rings. The largest absolute Gasteiger partial charge is 0.497 e. The van der Waals surface area contributed by atoms with Gasteiger partial charge in [0.25, 0.3) is 0 Å². The molecule has 1 aliphatic rings. The molecule has 26 heavy (non-hydrogen) atoms. The molecule has 1 amide bonds. The van der Waals surface area contributed by atoms with Crippen molar-refractivity contribution < 1.29 is 13.9 Å². The summed E-state index contributed by atoms with van der Waals surface area (Å²) in [6, 6.07) is 14.5. The molecule has 138 valence electrons. The van der Waals surface area contributed by atoms with Gasteiger partial charge in [-0.25, -0.2) is 4.39 Å². The van der Waals surface area contributed by atoms with E-state index < -0.39 is 0 Å². The van der Waals surface area contributed by atoms with E-state index in [0.717, 1.165) is 30.0 Å². The van der Waals surface area contributed by atoms with Crippen molar-refractivity contribution in [1.82, 2.24) is 9.80 Å². The van der Waals surface area contributed by atoms with Crippen LogP contribution in [0.2, 0.25) is 0 Å². The molecule has 5 heteroatoms. The summed E-state index contributed by atoms with van der Waals surface area (Å²) in [7, 11) is 3.69. The number of nitrogens with zero attached hydrogens (tertiary/aromatic N) is 2. The van der Waals surface area contributed by atoms with Gasteiger partial charge in [0.15, 0.2) is 0 Å². The topological polar surface area (TPSA) is 32.8 Å². The molecule has 3 rings (SSSR count). The van der Waals surface area contributed by atoms with Crippen LogP contribution >= 0.6 is 0 Å². The van der Waals surface area contributed by atoms with Gasteiger partial charge in [-0.2, -0.15) is 0 Å². The number of hydrogen-bond acceptors (Lipinski definition) is 3. The maximum Gasteiger partial charge on any atom is 0.223 e. The van der Waals surface area contributed by atoms with E-state index >= 15 is 0 Å². The fourth-order valence-corrected chi connectivity index (χ4v) is 3.38. The van der Waals surface area contributed by atoms with Crippen LogP contribution in [0.25, 0.3) is 0 Å². The predicted octanol–water partition coefficient (Wildman–Crippen LogP) is 3.28. The number of amides is 1. The first-order chi connectivity index (χ1) is 12.6. The van der Waals surface area contributed by atoms with Gasteiger partial charge in [-0.3, -0.25) is 9.69 Å². The summed E-state index contributed by atoms with van der Waals surface area (Å²) < 4.78 is 18.4. The van der Waals surface area contributed by atoms with Crippen LogP contribution < -0.4 is 4.74 Å². The van der Waals surface area contributed by atoms with Gasteiger partial charge >= 0.3 is 0 Å². The molecule has 0 aliphatic carbocycles. The second-order valence-corrected chi connectivity index (χ2v) is 6.74. The van der Waals surface area contributed by atoms with Crippen molar-refractivity contribution in [3.05, 3.63) is 65.5 Å². The van der Waals surface area contributed by atoms with E-state index in [9.17, 15) is 9.18 Å². The van der Waals surface area contributed by atoms with E-state index in [2.05, 4.69) is 4.90 Å². The van der Waals surface area contributed by atoms with Crippen LogP contribution in [0.15, 0.2) is 48.5 Å². The molecule has 0 N–H and O–H groups in total. The fraction of sp³-hybridized carbons (Fsp3) is 0.381. The van der Waals surface area contributed by atoms with Gasteiger partial charge in [0.05, 0.1) is 13.2 Å². The van der Waals surface area contributed by atoms with E-state index in [-0.39, 0.29) is 17.8 Å². The molecule has 0 bridgehead atoms. The first-order valence-corrected chi connectivity index (χ1v) is 8.93. The molecule has 2 aromatic carbocycles. The van der Waals surface area contributed by atoms with Crippen LogP contribution in [0.4, 0.5) is 4.39 Å². The van der Waals surface area contributed by atoms with Gasteiger partial charge in [0.1, 0.15) is 11.6 Å². The summed E-state index contributed by atoms with van der Waals surface area (Å²) in [5.74, 6) is 0.734. The van der Waals surface area contributed by atoms with Gasteiger partial charge in [0.2, 0.25) is 5.91 Å². The number of aryl methyl sites for hydroxylation is 1. The number of benzene rings is 2. The lowest BCUT2D eigenvalue weighted by atomic mass is 10.0. The predicted molar refractivity (Wildman–Crippen MR) is 99.7 cm³/mol. The molecule has 0 saturated carbocycles. The zero-order valence-electron chi connectivity index (χ0n) is 15.3. The molecule has 1 atom stereocenters. The molecule has 2 aromatic rings. The van der Waals surface area contributed by atoms with E-state index in [1.165, 1.54) is 12.1 Å². The quantitative estimate of drug-likeness (QED) is 0.824. The number of ether oxygens (including phenoxy) is 1. The van der Waals surface area contributed by atoms with Crippen molar-refractivity contribution in [3.63, 3.8) is 0 Å². The standard InChI is InChI=1S/C21H25FN2O2/c1-23-12-13-24(15-20(23)17-7-9-18(22)10-8-17)21(25)11-6-16-4-3-5-19(14-16)26-2/h3-5,7-10,14,20H,6,11-13,15H2,1-2H3. The number of likely N-dealkylation sites (N-methyl/N-ethyl adjacent to an activating group) is 1. The van der Waals surface area contributed by atoms with Gasteiger partial charge in [-0.05, 0) is 48.9 Å². The first-order valence-electron chi connectivity index (χ1n) is 8.93. The lowest BCUT2D eigenvalue weighted by Gasteiger charge is -2.39. The van der Waals surface area contributed by atoms with Crippen LogP contribution in [0, 0.1) is 5.82 Å². The van der Waals surface area contributed by atoms with Gasteiger partial charge in [-0.15, -0.1) is 0 Å². The molecule has 1 heterocycles. The maximum absolute atomic E-state index is 13.2. The SMILES string of the molecule is COc1cccc(CCC(=O)N2CCN(C)C(c3ccc(F)cc3)C2)c1. The highest BCUT2D eigenvalue weighted by Gasteiger charge is 2.28. The number of carbonyl (C=O) groups is 1. The number of rotatable bonds is 5. The third-order valence-electron chi connectivity index (χ3n) is 5.02. The van der Waals surface area contributed by atoms with Crippen LogP contribution in [0.1, 0.15) is 23.6 Å². The molecule has 4 nitrogen and oxygen atoms in total. The summed E-state index contributed by atoms with van der Waals surface area (Å²) in [4.78, 5) is 16.8. The summed E-state index contributed by atoms with van der Waals surface area (Å²) in [6.07, 6.45) is 1.18. The van der Waals surface area contributed by atoms with Crippen LogP contribution in [0.3, 0.4) is 0 Å². The van der Waals surface area contributed by atoms with Crippen molar-refractivity contribution in [1.29, 1.82) is 0 Å². The highest BCUT2D eigenvalue weighted by Crippen LogP contribution is 2.25. The third-order valence-corrected chi connectivity index (χ3v) is 5.02. The Labute approximate surface area is 154 Å². The number of hydrogen-bond donors (Lipinski definition) is 0. The number of halogens is 1. The average molecular weight is 356 g/mol. The van der Waals surface area contributed by atoms with Gasteiger partial charge < -0.3 is 9.64 Å². The van der Waals surface area contributed by atoms with Crippen molar-refractivity contribution in [2.75, 3.05) is 33.8 Å². The molecule has 1 aliphatic heterocycles. The van der Waals surface area contributed by atoms with Gasteiger partial charge in [-0.1, -0.05) is 24.3 Å². The highest BCUT2D eigenvalue weighted by atomic mass is 19.1. The van der Waals surface area contributed by atoms with Crippen LogP contribution in [-0.4, -0.2) is 49.5 Å². The Morgan fingerprint density at radius 3 is 2.69 bits per heavy atom. The van der Waals surface area contributed by atoms with Crippen LogP contribution in [0.5, 0.6) is 5.75 Å². The van der Waals surface area contributed by atoms with Gasteiger partial charge in [0, 0.05) is 26.1 Å². The molecule has 1 saturated heterocycles. The number of methoxy groups -OCH3 is 1.